The van der Waals surface area contributed by atoms with Gasteiger partial charge in [-0.15, -0.1) is 11.6 Å². The number of alkyl halides is 1. The van der Waals surface area contributed by atoms with Crippen molar-refractivity contribution in [1.82, 2.24) is 4.90 Å². The lowest BCUT2D eigenvalue weighted by atomic mass is 9.93. The van der Waals surface area contributed by atoms with Crippen molar-refractivity contribution in [2.24, 2.45) is 16.8 Å². The summed E-state index contributed by atoms with van der Waals surface area (Å²) in [7, 11) is 0. The van der Waals surface area contributed by atoms with E-state index in [2.05, 4.69) is 73.9 Å². The Morgan fingerprint density at radius 1 is 1.22 bits per heavy atom. The van der Waals surface area contributed by atoms with Crippen LogP contribution in [0.5, 0.6) is 0 Å². The molecule has 198 valence electrons. The molecule has 1 rings (SSSR count). The smallest absolute Gasteiger partial charge is 0.123 e. The van der Waals surface area contributed by atoms with Crippen molar-refractivity contribution < 1.29 is 4.39 Å². The third-order valence-corrected chi connectivity index (χ3v) is 6.37. The topological polar surface area (TPSA) is 27.6 Å². The van der Waals surface area contributed by atoms with Gasteiger partial charge >= 0.3 is 0 Å². The third kappa shape index (κ3) is 11.4. The predicted molar refractivity (Wildman–Crippen MR) is 158 cm³/mol. The first-order valence-electron chi connectivity index (χ1n) is 13.0. The molecule has 3 nitrogen and oxygen atoms in total. The Bertz CT molecular complexity index is 959. The van der Waals surface area contributed by atoms with Crippen LogP contribution in [0.3, 0.4) is 0 Å². The first-order chi connectivity index (χ1) is 17.3. The van der Waals surface area contributed by atoms with E-state index in [1.807, 2.05) is 32.2 Å². The summed E-state index contributed by atoms with van der Waals surface area (Å²) in [6.45, 7) is 17.9. The van der Waals surface area contributed by atoms with Gasteiger partial charge in [-0.1, -0.05) is 70.2 Å². The first-order valence-corrected chi connectivity index (χ1v) is 13.6. The summed E-state index contributed by atoms with van der Waals surface area (Å²) in [4.78, 5) is 6.77. The second kappa shape index (κ2) is 17.8. The van der Waals surface area contributed by atoms with Crippen LogP contribution < -0.4 is 5.32 Å². The lowest BCUT2D eigenvalue weighted by molar-refractivity contribution is 0.424. The average Bonchev–Trinajstić information content (AvgIpc) is 2.86. The number of amidine groups is 1. The Hall–Kier alpha value is -2.59. The Kier molecular flexibility index (Phi) is 15.5. The highest BCUT2D eigenvalue weighted by molar-refractivity contribution is 6.18. The molecule has 0 saturated carbocycles. The number of allylic oxidation sites excluding steroid dienone is 6. The van der Waals surface area contributed by atoms with Crippen LogP contribution in [0.2, 0.25) is 0 Å². The van der Waals surface area contributed by atoms with Crippen molar-refractivity contribution in [2.45, 2.75) is 67.2 Å². The fraction of sp³-hybridized carbons (Fsp3) is 0.452. The molecule has 1 aromatic carbocycles. The molecule has 0 aliphatic heterocycles. The largest absolute Gasteiger partial charge is 0.352 e. The van der Waals surface area contributed by atoms with Crippen LogP contribution in [0.15, 0.2) is 83.8 Å². The summed E-state index contributed by atoms with van der Waals surface area (Å²) >= 11 is 5.73. The second-order valence-electron chi connectivity index (χ2n) is 9.03. The van der Waals surface area contributed by atoms with Gasteiger partial charge in [0, 0.05) is 35.9 Å². The van der Waals surface area contributed by atoms with Crippen molar-refractivity contribution in [2.75, 3.05) is 17.7 Å². The molecule has 0 bridgehead atoms. The molecule has 5 heteroatoms. The predicted octanol–water partition coefficient (Wildman–Crippen LogP) is 9.27. The molecule has 2 atom stereocenters. The monoisotopic (exact) mass is 513 g/mol. The van der Waals surface area contributed by atoms with Crippen molar-refractivity contribution >= 4 is 23.1 Å². The van der Waals surface area contributed by atoms with E-state index in [0.29, 0.717) is 11.8 Å². The number of nitrogens with one attached hydrogen (secondary N) is 1. The van der Waals surface area contributed by atoms with E-state index in [1.165, 1.54) is 11.6 Å². The van der Waals surface area contributed by atoms with Crippen molar-refractivity contribution in [3.05, 3.63) is 90.2 Å². The molecule has 0 saturated heterocycles. The van der Waals surface area contributed by atoms with E-state index < -0.39 is 0 Å². The number of benzene rings is 1. The van der Waals surface area contributed by atoms with Crippen LogP contribution in [0.1, 0.15) is 66.4 Å². The summed E-state index contributed by atoms with van der Waals surface area (Å²) in [6, 6.07) is 4.78. The molecule has 0 spiro atoms. The molecular formula is C31H45ClFN3. The highest BCUT2D eigenvalue weighted by atomic mass is 35.5. The number of nitrogens with zero attached hydrogens (tertiary/aromatic N) is 2. The van der Waals surface area contributed by atoms with E-state index in [0.717, 1.165) is 55.0 Å². The van der Waals surface area contributed by atoms with Crippen LogP contribution >= 0.6 is 11.6 Å². The molecule has 0 amide bonds. The fourth-order valence-corrected chi connectivity index (χ4v) is 3.95. The average molecular weight is 514 g/mol. The van der Waals surface area contributed by atoms with E-state index in [9.17, 15) is 4.39 Å². The van der Waals surface area contributed by atoms with E-state index in [1.54, 1.807) is 12.1 Å². The molecule has 36 heavy (non-hydrogen) atoms. The second-order valence-corrected chi connectivity index (χ2v) is 9.34. The van der Waals surface area contributed by atoms with Crippen LogP contribution in [-0.2, 0) is 6.42 Å². The number of rotatable bonds is 15. The minimum absolute atomic E-state index is 0.138. The van der Waals surface area contributed by atoms with Gasteiger partial charge < -0.3 is 10.2 Å². The van der Waals surface area contributed by atoms with Crippen LogP contribution in [0, 0.1) is 17.7 Å². The number of halogens is 2. The van der Waals surface area contributed by atoms with Gasteiger partial charge in [0.1, 0.15) is 11.7 Å². The van der Waals surface area contributed by atoms with Crippen molar-refractivity contribution in [1.29, 1.82) is 0 Å². The third-order valence-electron chi connectivity index (χ3n) is 6.19. The molecule has 0 aliphatic carbocycles. The van der Waals surface area contributed by atoms with E-state index >= 15 is 0 Å². The van der Waals surface area contributed by atoms with Gasteiger partial charge in [0.25, 0.3) is 0 Å². The fourth-order valence-electron chi connectivity index (χ4n) is 3.85. The highest BCUT2D eigenvalue weighted by Gasteiger charge is 2.11. The van der Waals surface area contributed by atoms with Gasteiger partial charge in [0.15, 0.2) is 0 Å². The molecule has 1 aromatic rings. The minimum Gasteiger partial charge on any atom is -0.352 e. The zero-order valence-corrected chi connectivity index (χ0v) is 23.8. The maximum absolute atomic E-state index is 13.5. The standard InChI is InChI=1S/C31H45ClFN3/c1-8-21-36(22-13-15-28(9-2)25(5)14-11-12-19-32)26(6)24(4)18-20-34-27(7)35-31-17-16-30(33)23-29(31)10-3/h11-14,16-18,20,22-24,28H,6,8-10,15,19,21H2,1-5,7H3,(H,34,35)/b12-11-,20-18+,22-13-,25-14+. The number of hydrogen-bond donors (Lipinski definition) is 1. The molecular weight excluding hydrogens is 469 g/mol. The van der Waals surface area contributed by atoms with Crippen molar-refractivity contribution in [3.63, 3.8) is 0 Å². The molecule has 0 fully saturated rings. The summed E-state index contributed by atoms with van der Waals surface area (Å²) in [5, 5.41) is 3.28. The Balaban J connectivity index is 2.79. The van der Waals surface area contributed by atoms with Gasteiger partial charge in [-0.05, 0) is 75.4 Å². The first kappa shape index (κ1) is 31.4. The van der Waals surface area contributed by atoms with Crippen molar-refractivity contribution in [3.8, 4) is 0 Å². The van der Waals surface area contributed by atoms with Gasteiger partial charge in [0.2, 0.25) is 0 Å². The highest BCUT2D eigenvalue weighted by Crippen LogP contribution is 2.22. The minimum atomic E-state index is -0.221. The molecule has 0 aliphatic rings. The zero-order valence-electron chi connectivity index (χ0n) is 23.0. The molecule has 0 aromatic heterocycles. The van der Waals surface area contributed by atoms with E-state index in [-0.39, 0.29) is 11.7 Å². The molecule has 1 N–H and O–H groups in total. The Labute approximate surface area is 224 Å². The van der Waals surface area contributed by atoms with Crippen LogP contribution in [0.25, 0.3) is 0 Å². The van der Waals surface area contributed by atoms with E-state index in [4.69, 9.17) is 11.6 Å². The maximum atomic E-state index is 13.5. The van der Waals surface area contributed by atoms with Gasteiger partial charge in [-0.3, -0.25) is 0 Å². The normalized spacial score (nSPS) is 14.7. The quantitative estimate of drug-likeness (QED) is 0.109. The van der Waals surface area contributed by atoms with Crippen LogP contribution in [-0.4, -0.2) is 23.2 Å². The van der Waals surface area contributed by atoms with Crippen LogP contribution in [0.4, 0.5) is 10.1 Å². The summed E-state index contributed by atoms with van der Waals surface area (Å²) in [5.74, 6) is 1.72. The molecule has 2 unspecified atom stereocenters. The number of anilines is 1. The SMILES string of the molecule is C=C(C(C)/C=C/N=C(\C)Nc1ccc(F)cc1CC)N(/C=C\CC(CC)/C(C)=C/C=C\CCl)CCC. The van der Waals surface area contributed by atoms with Gasteiger partial charge in [-0.25, -0.2) is 9.38 Å². The molecule has 0 radical (unpaired) electrons. The summed E-state index contributed by atoms with van der Waals surface area (Å²) in [5.41, 5.74) is 4.23. The number of aliphatic imine (C=N–C) groups is 1. The molecule has 0 heterocycles. The van der Waals surface area contributed by atoms with Gasteiger partial charge in [-0.2, -0.15) is 0 Å². The Morgan fingerprint density at radius 2 is 1.97 bits per heavy atom. The lowest BCUT2D eigenvalue weighted by Gasteiger charge is -2.25. The number of hydrogen-bond acceptors (Lipinski definition) is 2. The maximum Gasteiger partial charge on any atom is 0.123 e. The Morgan fingerprint density at radius 3 is 2.61 bits per heavy atom. The van der Waals surface area contributed by atoms with Gasteiger partial charge in [0.05, 0.1) is 0 Å². The zero-order chi connectivity index (χ0) is 26.9. The lowest BCUT2D eigenvalue weighted by Crippen LogP contribution is -2.20. The number of aryl methyl sites for hydroxylation is 1. The summed E-state index contributed by atoms with van der Waals surface area (Å²) in [6.07, 6.45) is 18.3. The summed E-state index contributed by atoms with van der Waals surface area (Å²) < 4.78 is 13.5.